The Balaban J connectivity index is 1.62. The first kappa shape index (κ1) is 22.0. The van der Waals surface area contributed by atoms with Gasteiger partial charge in [0.25, 0.3) is 0 Å². The molecule has 0 spiro atoms. The number of nitrogens with zero attached hydrogens (tertiary/aromatic N) is 5. The highest BCUT2D eigenvalue weighted by Gasteiger charge is 2.38. The summed E-state index contributed by atoms with van der Waals surface area (Å²) in [5, 5.41) is 4.36. The minimum atomic E-state index is -3.37. The van der Waals surface area contributed by atoms with Crippen molar-refractivity contribution in [1.82, 2.24) is 19.6 Å². The van der Waals surface area contributed by atoms with Crippen LogP contribution in [0.4, 0.5) is 5.69 Å². The van der Waals surface area contributed by atoms with E-state index in [-0.39, 0.29) is 0 Å². The lowest BCUT2D eigenvalue weighted by molar-refractivity contribution is 0.153. The van der Waals surface area contributed by atoms with Gasteiger partial charge in [0.05, 0.1) is 18.4 Å². The minimum Gasteiger partial charge on any atom is -0.304 e. The van der Waals surface area contributed by atoms with Gasteiger partial charge >= 0.3 is 10.4 Å². The van der Waals surface area contributed by atoms with Crippen molar-refractivity contribution in [3.63, 3.8) is 0 Å². The standard InChI is InChI=1S/C21H33N5O2S/c1-17-21(18(2)24(4)22-17)25(5)29(27,28)20-10-8-19(9-11-20)7-6-12-26-15-13-23(3)14-16-26/h8-11H,6-7,12-16H2,1-5H3/p+1. The van der Waals surface area contributed by atoms with E-state index in [9.17, 15) is 8.76 Å². The Labute approximate surface area is 175 Å². The largest absolute Gasteiger partial charge is 0.348 e. The number of piperazine rings is 1. The molecule has 29 heavy (non-hydrogen) atoms. The number of rotatable bonds is 7. The van der Waals surface area contributed by atoms with Gasteiger partial charge in [-0.15, -0.1) is 0 Å². The summed E-state index contributed by atoms with van der Waals surface area (Å²) in [6.45, 7) is 9.44. The van der Waals surface area contributed by atoms with Crippen LogP contribution in [0.25, 0.3) is 0 Å². The highest BCUT2D eigenvalue weighted by molar-refractivity contribution is 7.99. The van der Waals surface area contributed by atoms with Crippen molar-refractivity contribution in [3.05, 3.63) is 41.2 Å². The zero-order valence-electron chi connectivity index (χ0n) is 18.3. The number of aromatic nitrogens is 2. The van der Waals surface area contributed by atoms with Gasteiger partial charge in [-0.25, -0.2) is 0 Å². The number of aryl methyl sites for hydroxylation is 3. The zero-order chi connectivity index (χ0) is 21.2. The van der Waals surface area contributed by atoms with E-state index in [4.69, 9.17) is 0 Å². The maximum atomic E-state index is 13.2. The Morgan fingerprint density at radius 1 is 1.10 bits per heavy atom. The van der Waals surface area contributed by atoms with Gasteiger partial charge in [-0.1, -0.05) is 12.1 Å². The van der Waals surface area contributed by atoms with Gasteiger partial charge in [-0.2, -0.15) is 14.0 Å². The van der Waals surface area contributed by atoms with Crippen LogP contribution in [0.15, 0.2) is 29.2 Å². The maximum Gasteiger partial charge on any atom is 0.348 e. The molecule has 2 aromatic rings. The van der Waals surface area contributed by atoms with Crippen LogP contribution in [0.5, 0.6) is 0 Å². The molecule has 1 saturated heterocycles. The maximum absolute atomic E-state index is 13.2. The Morgan fingerprint density at radius 2 is 1.72 bits per heavy atom. The number of hydrogen-bond donors (Lipinski definition) is 1. The summed E-state index contributed by atoms with van der Waals surface area (Å²) in [6.07, 6.45) is 2.08. The molecule has 1 aromatic heterocycles. The van der Waals surface area contributed by atoms with Gasteiger partial charge in [0.15, 0.2) is 0 Å². The van der Waals surface area contributed by atoms with Crippen LogP contribution in [0, 0.1) is 13.8 Å². The summed E-state index contributed by atoms with van der Waals surface area (Å²) >= 11 is 0. The molecule has 1 aromatic carbocycles. The molecule has 1 aliphatic rings. The topological polar surface area (TPSA) is 64.8 Å². The van der Waals surface area contributed by atoms with Gasteiger partial charge in [0, 0.05) is 33.2 Å². The number of hydrogen-bond acceptors (Lipinski definition) is 4. The summed E-state index contributed by atoms with van der Waals surface area (Å²) in [7, 11) is 2.31. The van der Waals surface area contributed by atoms with E-state index in [1.54, 1.807) is 23.9 Å². The number of benzene rings is 1. The average molecular weight is 421 g/mol. The van der Waals surface area contributed by atoms with Gasteiger partial charge in [0.1, 0.15) is 5.69 Å². The SMILES string of the molecule is Cc1nn(C)c(C)c1N(C)[S+](=O)(O)c1ccc(CCCN2CCN(C)CC2)cc1. The minimum absolute atomic E-state index is 0.422. The first-order valence-corrected chi connectivity index (χ1v) is 11.7. The van der Waals surface area contributed by atoms with E-state index in [1.807, 2.05) is 33.0 Å². The second-order valence-electron chi connectivity index (χ2n) is 8.03. The Kier molecular flexibility index (Phi) is 6.78. The third kappa shape index (κ3) is 4.88. The Hall–Kier alpha value is -1.74. The van der Waals surface area contributed by atoms with E-state index in [0.29, 0.717) is 10.6 Å². The van der Waals surface area contributed by atoms with Gasteiger partial charge < -0.3 is 9.80 Å². The first-order chi connectivity index (χ1) is 13.7. The quantitative estimate of drug-likeness (QED) is 0.698. The van der Waals surface area contributed by atoms with E-state index >= 15 is 0 Å². The fourth-order valence-electron chi connectivity index (χ4n) is 3.91. The van der Waals surface area contributed by atoms with Crippen LogP contribution < -0.4 is 4.31 Å². The van der Waals surface area contributed by atoms with Crippen molar-refractivity contribution >= 4 is 16.1 Å². The highest BCUT2D eigenvalue weighted by atomic mass is 32.3. The third-order valence-electron chi connectivity index (χ3n) is 5.92. The van der Waals surface area contributed by atoms with E-state index < -0.39 is 10.4 Å². The number of anilines is 1. The lowest BCUT2D eigenvalue weighted by Crippen LogP contribution is -2.44. The lowest BCUT2D eigenvalue weighted by atomic mass is 10.1. The predicted molar refractivity (Wildman–Crippen MR) is 119 cm³/mol. The summed E-state index contributed by atoms with van der Waals surface area (Å²) in [6, 6.07) is 7.52. The molecule has 3 rings (SSSR count). The Bertz CT molecular complexity index is 872. The normalized spacial score (nSPS) is 18.0. The van der Waals surface area contributed by atoms with Crippen LogP contribution in [0.3, 0.4) is 0 Å². The van der Waals surface area contributed by atoms with Crippen molar-refractivity contribution in [1.29, 1.82) is 0 Å². The van der Waals surface area contributed by atoms with Crippen molar-refractivity contribution in [2.75, 3.05) is 51.1 Å². The fraction of sp³-hybridized carbons (Fsp3) is 0.571. The van der Waals surface area contributed by atoms with E-state index in [1.165, 1.54) is 9.87 Å². The first-order valence-electron chi connectivity index (χ1n) is 10.2. The van der Waals surface area contributed by atoms with Crippen molar-refractivity contribution in [3.8, 4) is 0 Å². The van der Waals surface area contributed by atoms with E-state index in [0.717, 1.165) is 57.0 Å². The van der Waals surface area contributed by atoms with Crippen LogP contribution >= 0.6 is 0 Å². The molecule has 0 bridgehead atoms. The third-order valence-corrected chi connectivity index (χ3v) is 7.73. The molecule has 0 saturated carbocycles. The van der Waals surface area contributed by atoms with Crippen LogP contribution in [0.1, 0.15) is 23.4 Å². The molecule has 0 amide bonds. The fourth-order valence-corrected chi connectivity index (χ4v) is 5.23. The molecule has 1 unspecified atom stereocenters. The molecule has 1 fully saturated rings. The van der Waals surface area contributed by atoms with Crippen LogP contribution in [0.2, 0.25) is 0 Å². The van der Waals surface area contributed by atoms with E-state index in [2.05, 4.69) is 21.9 Å². The molecule has 8 heteroatoms. The molecule has 7 nitrogen and oxygen atoms in total. The molecule has 2 heterocycles. The Morgan fingerprint density at radius 3 is 2.28 bits per heavy atom. The summed E-state index contributed by atoms with van der Waals surface area (Å²) < 4.78 is 27.2. The second-order valence-corrected chi connectivity index (χ2v) is 10.0. The van der Waals surface area contributed by atoms with Gasteiger partial charge in [-0.05, 0) is 62.2 Å². The molecule has 1 aliphatic heterocycles. The predicted octanol–water partition coefficient (Wildman–Crippen LogP) is 2.60. The molecule has 160 valence electrons. The summed E-state index contributed by atoms with van der Waals surface area (Å²) in [4.78, 5) is 5.31. The smallest absolute Gasteiger partial charge is 0.304 e. The van der Waals surface area contributed by atoms with Crippen LogP contribution in [-0.2, 0) is 28.1 Å². The monoisotopic (exact) mass is 420 g/mol. The van der Waals surface area contributed by atoms with Crippen molar-refractivity contribution in [2.45, 2.75) is 31.6 Å². The molecule has 0 aliphatic carbocycles. The molecular weight excluding hydrogens is 386 g/mol. The van der Waals surface area contributed by atoms with Crippen LogP contribution in [-0.4, -0.2) is 71.0 Å². The molecule has 1 N–H and O–H groups in total. The lowest BCUT2D eigenvalue weighted by Gasteiger charge is -2.32. The number of likely N-dealkylation sites (N-methyl/N-ethyl adjacent to an activating group) is 1. The van der Waals surface area contributed by atoms with Gasteiger partial charge in [-0.3, -0.25) is 4.68 Å². The van der Waals surface area contributed by atoms with Crippen molar-refractivity contribution < 1.29 is 8.76 Å². The summed E-state index contributed by atoms with van der Waals surface area (Å²) in [5.41, 5.74) is 3.52. The molecule has 0 radical (unpaired) electrons. The molecular formula is C21H34N5O2S+. The average Bonchev–Trinajstić information content (AvgIpc) is 2.95. The van der Waals surface area contributed by atoms with Gasteiger partial charge in [0.2, 0.25) is 4.90 Å². The summed E-state index contributed by atoms with van der Waals surface area (Å²) in [5.74, 6) is 0. The van der Waals surface area contributed by atoms with Crippen molar-refractivity contribution in [2.24, 2.45) is 7.05 Å². The molecule has 1 atom stereocenters. The zero-order valence-corrected chi connectivity index (χ0v) is 19.1. The second kappa shape index (κ2) is 8.95. The highest BCUT2D eigenvalue weighted by Crippen LogP contribution is 2.31.